The second-order valence-corrected chi connectivity index (χ2v) is 8.43. The van der Waals surface area contributed by atoms with Crippen LogP contribution in [-0.2, 0) is 17.9 Å². The van der Waals surface area contributed by atoms with Crippen molar-refractivity contribution in [2.24, 2.45) is 0 Å². The quantitative estimate of drug-likeness (QED) is 0.436. The molecule has 168 valence electrons. The van der Waals surface area contributed by atoms with Gasteiger partial charge in [0, 0.05) is 31.7 Å². The summed E-state index contributed by atoms with van der Waals surface area (Å²) >= 11 is 0. The Labute approximate surface area is 193 Å². The van der Waals surface area contributed by atoms with Crippen LogP contribution in [0.3, 0.4) is 0 Å². The summed E-state index contributed by atoms with van der Waals surface area (Å²) < 4.78 is 11.3. The fraction of sp³-hybridized carbons (Fsp3) is 0.259. The summed E-state index contributed by atoms with van der Waals surface area (Å²) in [6.07, 6.45) is 0. The van der Waals surface area contributed by atoms with E-state index < -0.39 is 0 Å². The summed E-state index contributed by atoms with van der Waals surface area (Å²) in [5.74, 6) is 2.35. The maximum absolute atomic E-state index is 12.8. The van der Waals surface area contributed by atoms with Gasteiger partial charge in [0.2, 0.25) is 11.8 Å². The molecule has 0 unspecified atom stereocenters. The Kier molecular flexibility index (Phi) is 5.84. The highest BCUT2D eigenvalue weighted by molar-refractivity contribution is 5.94. The summed E-state index contributed by atoms with van der Waals surface area (Å²) in [5.41, 5.74) is 2.94. The Bertz CT molecular complexity index is 1290. The highest BCUT2D eigenvalue weighted by Crippen LogP contribution is 2.30. The van der Waals surface area contributed by atoms with Crippen molar-refractivity contribution in [1.29, 1.82) is 0 Å². The summed E-state index contributed by atoms with van der Waals surface area (Å²) in [6.45, 7) is 4.99. The molecule has 1 fully saturated rings. The zero-order chi connectivity index (χ0) is 22.8. The van der Waals surface area contributed by atoms with Crippen molar-refractivity contribution in [3.05, 3.63) is 83.7 Å². The number of rotatable bonds is 6. The number of piperazine rings is 1. The topological polar surface area (TPSA) is 58.8 Å². The van der Waals surface area contributed by atoms with Crippen LogP contribution in [0, 0.1) is 6.92 Å². The van der Waals surface area contributed by atoms with E-state index in [0.29, 0.717) is 32.1 Å². The standard InChI is InChI=1S/C27H27N3O3/c1-19-25(28-27(33-19)24-12-6-9-21-8-3-4-11-23(21)24)17-29-13-14-30(26(31)18-29)16-20-7-5-10-22(15-20)32-2/h3-12,15H,13-14,16-18H2,1-2H3. The molecule has 0 atom stereocenters. The average Bonchev–Trinajstić information content (AvgIpc) is 3.20. The van der Waals surface area contributed by atoms with E-state index in [0.717, 1.165) is 45.6 Å². The number of fused-ring (bicyclic) bond motifs is 1. The number of aryl methyl sites for hydroxylation is 1. The molecule has 1 amide bonds. The number of carbonyl (C=O) groups is 1. The van der Waals surface area contributed by atoms with Crippen LogP contribution in [0.15, 0.2) is 71.1 Å². The van der Waals surface area contributed by atoms with Crippen LogP contribution >= 0.6 is 0 Å². The first-order chi connectivity index (χ1) is 16.1. The van der Waals surface area contributed by atoms with Gasteiger partial charge >= 0.3 is 0 Å². The Hall–Kier alpha value is -3.64. The third-order valence-corrected chi connectivity index (χ3v) is 6.19. The molecule has 6 heteroatoms. The molecule has 0 spiro atoms. The number of oxazole rings is 1. The number of carbonyl (C=O) groups excluding carboxylic acids is 1. The molecule has 0 saturated carbocycles. The number of benzene rings is 3. The maximum Gasteiger partial charge on any atom is 0.237 e. The average molecular weight is 442 g/mol. The highest BCUT2D eigenvalue weighted by atomic mass is 16.5. The molecule has 6 nitrogen and oxygen atoms in total. The predicted molar refractivity (Wildman–Crippen MR) is 128 cm³/mol. The van der Waals surface area contributed by atoms with Crippen molar-refractivity contribution in [2.75, 3.05) is 26.7 Å². The summed E-state index contributed by atoms with van der Waals surface area (Å²) in [6, 6.07) is 22.3. The first kappa shape index (κ1) is 21.2. The Morgan fingerprint density at radius 1 is 1.00 bits per heavy atom. The molecule has 5 rings (SSSR count). The number of aromatic nitrogens is 1. The van der Waals surface area contributed by atoms with Gasteiger partial charge in [-0.05, 0) is 41.5 Å². The number of ether oxygens (including phenoxy) is 1. The molecule has 0 N–H and O–H groups in total. The minimum atomic E-state index is 0.125. The molecular weight excluding hydrogens is 414 g/mol. The molecule has 1 aliphatic heterocycles. The van der Waals surface area contributed by atoms with E-state index in [2.05, 4.69) is 23.1 Å². The zero-order valence-electron chi connectivity index (χ0n) is 19.0. The zero-order valence-corrected chi connectivity index (χ0v) is 19.0. The smallest absolute Gasteiger partial charge is 0.237 e. The van der Waals surface area contributed by atoms with Crippen molar-refractivity contribution in [3.63, 3.8) is 0 Å². The van der Waals surface area contributed by atoms with Crippen molar-refractivity contribution < 1.29 is 13.9 Å². The Morgan fingerprint density at radius 3 is 2.67 bits per heavy atom. The van der Waals surface area contributed by atoms with Crippen LogP contribution in [0.1, 0.15) is 17.0 Å². The van der Waals surface area contributed by atoms with Gasteiger partial charge < -0.3 is 14.1 Å². The van der Waals surface area contributed by atoms with E-state index in [1.54, 1.807) is 7.11 Å². The molecule has 0 bridgehead atoms. The first-order valence-corrected chi connectivity index (χ1v) is 11.2. The molecule has 2 heterocycles. The van der Waals surface area contributed by atoms with Crippen LogP contribution in [0.4, 0.5) is 0 Å². The van der Waals surface area contributed by atoms with E-state index in [1.165, 1.54) is 0 Å². The van der Waals surface area contributed by atoms with Gasteiger partial charge in [0.15, 0.2) is 0 Å². The SMILES string of the molecule is COc1cccc(CN2CCN(Cc3nc(-c4cccc5ccccc45)oc3C)CC2=O)c1. The Morgan fingerprint density at radius 2 is 1.82 bits per heavy atom. The van der Waals surface area contributed by atoms with Crippen molar-refractivity contribution >= 4 is 16.7 Å². The van der Waals surface area contributed by atoms with Crippen molar-refractivity contribution in [2.45, 2.75) is 20.0 Å². The van der Waals surface area contributed by atoms with Gasteiger partial charge in [0.1, 0.15) is 11.5 Å². The van der Waals surface area contributed by atoms with Gasteiger partial charge in [-0.15, -0.1) is 0 Å². The molecule has 1 saturated heterocycles. The summed E-state index contributed by atoms with van der Waals surface area (Å²) in [5, 5.41) is 2.28. The second kappa shape index (κ2) is 9.08. The van der Waals surface area contributed by atoms with Gasteiger partial charge in [-0.25, -0.2) is 4.98 Å². The molecule has 33 heavy (non-hydrogen) atoms. The van der Waals surface area contributed by atoms with Crippen LogP contribution < -0.4 is 4.74 Å². The lowest BCUT2D eigenvalue weighted by Crippen LogP contribution is -2.49. The third kappa shape index (κ3) is 4.47. The van der Waals surface area contributed by atoms with E-state index in [9.17, 15) is 4.79 Å². The van der Waals surface area contributed by atoms with Gasteiger partial charge in [-0.2, -0.15) is 0 Å². The number of nitrogens with zero attached hydrogens (tertiary/aromatic N) is 3. The van der Waals surface area contributed by atoms with Gasteiger partial charge in [-0.1, -0.05) is 48.5 Å². The lowest BCUT2D eigenvalue weighted by molar-refractivity contribution is -0.136. The van der Waals surface area contributed by atoms with Crippen LogP contribution in [0.2, 0.25) is 0 Å². The van der Waals surface area contributed by atoms with E-state index in [-0.39, 0.29) is 5.91 Å². The number of methoxy groups -OCH3 is 1. The molecule has 0 aliphatic carbocycles. The lowest BCUT2D eigenvalue weighted by atomic mass is 10.0. The molecular formula is C27H27N3O3. The monoisotopic (exact) mass is 441 g/mol. The molecule has 3 aromatic carbocycles. The van der Waals surface area contributed by atoms with Crippen molar-refractivity contribution in [1.82, 2.24) is 14.8 Å². The third-order valence-electron chi connectivity index (χ3n) is 6.19. The first-order valence-electron chi connectivity index (χ1n) is 11.2. The molecule has 1 aromatic heterocycles. The number of amides is 1. The number of hydrogen-bond donors (Lipinski definition) is 0. The minimum Gasteiger partial charge on any atom is -0.497 e. The lowest BCUT2D eigenvalue weighted by Gasteiger charge is -2.34. The predicted octanol–water partition coefficient (Wildman–Crippen LogP) is 4.66. The Balaban J connectivity index is 1.27. The second-order valence-electron chi connectivity index (χ2n) is 8.43. The largest absolute Gasteiger partial charge is 0.497 e. The minimum absolute atomic E-state index is 0.125. The van der Waals surface area contributed by atoms with Crippen molar-refractivity contribution in [3.8, 4) is 17.2 Å². The van der Waals surface area contributed by atoms with E-state index in [4.69, 9.17) is 14.1 Å². The molecule has 4 aromatic rings. The fourth-order valence-electron chi connectivity index (χ4n) is 4.36. The van der Waals surface area contributed by atoms with Gasteiger partial charge in [-0.3, -0.25) is 9.69 Å². The maximum atomic E-state index is 12.8. The number of hydrogen-bond acceptors (Lipinski definition) is 5. The fourth-order valence-corrected chi connectivity index (χ4v) is 4.36. The summed E-state index contributed by atoms with van der Waals surface area (Å²) in [7, 11) is 1.65. The van der Waals surface area contributed by atoms with Gasteiger partial charge in [0.05, 0.1) is 19.3 Å². The normalized spacial score (nSPS) is 14.7. The van der Waals surface area contributed by atoms with Crippen LogP contribution in [0.5, 0.6) is 5.75 Å². The van der Waals surface area contributed by atoms with Crippen LogP contribution in [-0.4, -0.2) is 47.4 Å². The van der Waals surface area contributed by atoms with E-state index >= 15 is 0 Å². The molecule has 0 radical (unpaired) electrons. The summed E-state index contributed by atoms with van der Waals surface area (Å²) in [4.78, 5) is 21.7. The molecule has 1 aliphatic rings. The highest BCUT2D eigenvalue weighted by Gasteiger charge is 2.26. The van der Waals surface area contributed by atoms with Gasteiger partial charge in [0.25, 0.3) is 0 Å². The van der Waals surface area contributed by atoms with Crippen LogP contribution in [0.25, 0.3) is 22.2 Å². The van der Waals surface area contributed by atoms with E-state index in [1.807, 2.05) is 60.4 Å².